The van der Waals surface area contributed by atoms with Gasteiger partial charge >= 0.3 is 16.1 Å². The number of ether oxygens (including phenoxy) is 1. The van der Waals surface area contributed by atoms with Gasteiger partial charge in [-0.2, -0.15) is 8.42 Å². The maximum absolute atomic E-state index is 14.0. The van der Waals surface area contributed by atoms with Crippen molar-refractivity contribution in [1.29, 1.82) is 0 Å². The van der Waals surface area contributed by atoms with Crippen LogP contribution in [-0.4, -0.2) is 49.1 Å². The van der Waals surface area contributed by atoms with E-state index < -0.39 is 32.8 Å². The normalized spacial score (nSPS) is 19.9. The fraction of sp³-hybridized carbons (Fsp3) is 0.424. The third-order valence-electron chi connectivity index (χ3n) is 8.21. The number of hydrogen-bond acceptors (Lipinski definition) is 8. The van der Waals surface area contributed by atoms with Gasteiger partial charge in [0.1, 0.15) is 11.4 Å². The number of carbonyl (C=O) groups is 3. The van der Waals surface area contributed by atoms with Crippen LogP contribution < -0.4 is 8.92 Å². The smallest absolute Gasteiger partial charge is 0.339 e. The van der Waals surface area contributed by atoms with Gasteiger partial charge in [-0.05, 0) is 83.0 Å². The van der Waals surface area contributed by atoms with Crippen molar-refractivity contribution in [3.63, 3.8) is 0 Å². The van der Waals surface area contributed by atoms with Crippen LogP contribution in [0.4, 0.5) is 0 Å². The zero-order valence-electron chi connectivity index (χ0n) is 25.4. The van der Waals surface area contributed by atoms with Gasteiger partial charge in [-0.1, -0.05) is 45.9 Å². The van der Waals surface area contributed by atoms with Crippen molar-refractivity contribution in [3.05, 3.63) is 74.1 Å². The van der Waals surface area contributed by atoms with E-state index in [0.29, 0.717) is 44.5 Å². The second-order valence-electron chi connectivity index (χ2n) is 13.1. The molecule has 234 valence electrons. The van der Waals surface area contributed by atoms with E-state index in [1.54, 1.807) is 42.2 Å². The maximum atomic E-state index is 14.0. The first kappa shape index (κ1) is 32.2. The van der Waals surface area contributed by atoms with Gasteiger partial charge in [0.05, 0.1) is 10.2 Å². The van der Waals surface area contributed by atoms with Gasteiger partial charge in [-0.15, -0.1) is 0 Å². The van der Waals surface area contributed by atoms with Crippen LogP contribution in [0, 0.1) is 14.4 Å². The van der Waals surface area contributed by atoms with Crippen LogP contribution in [0.3, 0.4) is 0 Å². The van der Waals surface area contributed by atoms with E-state index in [2.05, 4.69) is 0 Å². The number of hydrogen-bond donors (Lipinski definition) is 1. The first-order valence-corrected chi connectivity index (χ1v) is 17.0. The van der Waals surface area contributed by atoms with Crippen LogP contribution >= 0.6 is 22.6 Å². The lowest BCUT2D eigenvalue weighted by Crippen LogP contribution is -2.45. The van der Waals surface area contributed by atoms with Crippen LogP contribution in [0.5, 0.6) is 11.5 Å². The number of carbonyl (C=O) groups excluding carboxylic acids is 2. The van der Waals surface area contributed by atoms with E-state index in [9.17, 15) is 27.9 Å². The molecule has 0 aromatic heterocycles. The molecule has 0 spiro atoms. The number of ketones is 2. The third-order valence-corrected chi connectivity index (χ3v) is 10.2. The lowest BCUT2D eigenvalue weighted by atomic mass is 9.63. The summed E-state index contributed by atoms with van der Waals surface area (Å²) in [6.07, 6.45) is 1.43. The molecule has 9 nitrogen and oxygen atoms in total. The standard InChI is InChI=1S/C33H36INO8S/c1-6-42-26-13-19(12-21(34)31(26)43-44(40,41)20-10-8-7-9-11-20)28-29-22(14-32(2,3)16-24(29)36)35(18-27(38)39)23-15-33(4,5)17-25(37)30(23)28/h7-13,28H,6,14-18H2,1-5H3,(H,38,39). The monoisotopic (exact) mass is 733 g/mol. The van der Waals surface area contributed by atoms with Crippen LogP contribution in [0.2, 0.25) is 0 Å². The van der Waals surface area contributed by atoms with Gasteiger partial charge in [-0.3, -0.25) is 14.4 Å². The molecule has 2 aliphatic carbocycles. The van der Waals surface area contributed by atoms with Crippen molar-refractivity contribution in [2.45, 2.75) is 71.1 Å². The fourth-order valence-corrected chi connectivity index (χ4v) is 8.41. The van der Waals surface area contributed by atoms with E-state index >= 15 is 0 Å². The number of aliphatic carboxylic acids is 1. The van der Waals surface area contributed by atoms with Crippen LogP contribution in [0.25, 0.3) is 0 Å². The number of carboxylic acid groups (broad SMARTS) is 1. The maximum Gasteiger partial charge on any atom is 0.339 e. The molecule has 1 N–H and O–H groups in total. The highest BCUT2D eigenvalue weighted by Crippen LogP contribution is 2.55. The topological polar surface area (TPSA) is 127 Å². The Hall–Kier alpha value is -3.19. The Bertz CT molecular complexity index is 1670. The SMILES string of the molecule is CCOc1cc(C2C3=C(CC(C)(C)CC3=O)N(CC(=O)O)C3=C2C(=O)CC(C)(C)C3)cc(I)c1OS(=O)(=O)c1ccccc1. The molecule has 1 heterocycles. The third kappa shape index (κ3) is 6.17. The van der Waals surface area contributed by atoms with Crippen LogP contribution in [-0.2, 0) is 24.5 Å². The number of rotatable bonds is 8. The molecule has 0 saturated heterocycles. The predicted molar refractivity (Wildman–Crippen MR) is 172 cm³/mol. The molecule has 5 rings (SSSR count). The van der Waals surface area contributed by atoms with Crippen molar-refractivity contribution < 1.29 is 36.8 Å². The van der Waals surface area contributed by atoms with E-state index in [4.69, 9.17) is 8.92 Å². The van der Waals surface area contributed by atoms with Crippen LogP contribution in [0.15, 0.2) is 69.9 Å². The Morgan fingerprint density at radius 1 is 0.955 bits per heavy atom. The van der Waals surface area contributed by atoms with E-state index in [0.717, 1.165) is 0 Å². The van der Waals surface area contributed by atoms with Gasteiger partial charge < -0.3 is 18.9 Å². The minimum absolute atomic E-state index is 0.0106. The second kappa shape index (κ2) is 11.6. The summed E-state index contributed by atoms with van der Waals surface area (Å²) in [6, 6.07) is 11.2. The van der Waals surface area contributed by atoms with Gasteiger partial charge in [0, 0.05) is 41.3 Å². The summed E-state index contributed by atoms with van der Waals surface area (Å²) in [6.45, 7) is 9.55. The van der Waals surface area contributed by atoms with Crippen molar-refractivity contribution >= 4 is 50.2 Å². The fourth-order valence-electron chi connectivity index (χ4n) is 6.55. The van der Waals surface area contributed by atoms with Crippen molar-refractivity contribution in [2.24, 2.45) is 10.8 Å². The summed E-state index contributed by atoms with van der Waals surface area (Å²) in [7, 11) is -4.19. The number of halogens is 1. The molecule has 0 radical (unpaired) electrons. The molecular weight excluding hydrogens is 697 g/mol. The Balaban J connectivity index is 1.73. The van der Waals surface area contributed by atoms with Gasteiger partial charge in [0.25, 0.3) is 0 Å². The Morgan fingerprint density at radius 2 is 1.50 bits per heavy atom. The number of Topliss-reactive ketones (excluding diaryl/α,β-unsaturated/α-hetero) is 2. The van der Waals surface area contributed by atoms with Crippen molar-refractivity contribution in [1.82, 2.24) is 4.90 Å². The molecule has 3 aliphatic rings. The Kier molecular flexibility index (Phi) is 8.51. The van der Waals surface area contributed by atoms with E-state index in [1.807, 2.05) is 50.3 Å². The van der Waals surface area contributed by atoms with Crippen molar-refractivity contribution in [2.75, 3.05) is 13.2 Å². The molecule has 0 unspecified atom stereocenters. The molecule has 11 heteroatoms. The second-order valence-corrected chi connectivity index (χ2v) is 15.8. The van der Waals surface area contributed by atoms with Gasteiger partial charge in [0.15, 0.2) is 23.1 Å². The first-order chi connectivity index (χ1) is 20.5. The minimum Gasteiger partial charge on any atom is -0.490 e. The summed E-state index contributed by atoms with van der Waals surface area (Å²) in [5, 5.41) is 9.92. The average Bonchev–Trinajstić information content (AvgIpc) is 2.90. The summed E-state index contributed by atoms with van der Waals surface area (Å²) in [5.41, 5.74) is 1.86. The van der Waals surface area contributed by atoms with Gasteiger partial charge in [-0.25, -0.2) is 0 Å². The zero-order chi connectivity index (χ0) is 32.2. The molecule has 0 saturated carbocycles. The molecule has 0 bridgehead atoms. The minimum atomic E-state index is -4.19. The summed E-state index contributed by atoms with van der Waals surface area (Å²) in [5.74, 6) is -1.91. The number of carboxylic acids is 1. The van der Waals surface area contributed by atoms with Crippen molar-refractivity contribution in [3.8, 4) is 11.5 Å². The van der Waals surface area contributed by atoms with Gasteiger partial charge in [0.2, 0.25) is 0 Å². The Labute approximate surface area is 271 Å². The van der Waals surface area contributed by atoms with E-state index in [1.165, 1.54) is 12.1 Å². The molecule has 0 atom stereocenters. The lowest BCUT2D eigenvalue weighted by molar-refractivity contribution is -0.138. The predicted octanol–water partition coefficient (Wildman–Crippen LogP) is 6.23. The number of benzene rings is 2. The highest BCUT2D eigenvalue weighted by Gasteiger charge is 2.49. The summed E-state index contributed by atoms with van der Waals surface area (Å²) in [4.78, 5) is 41.8. The molecule has 2 aromatic carbocycles. The Morgan fingerprint density at radius 3 is 2.00 bits per heavy atom. The average molecular weight is 734 g/mol. The highest BCUT2D eigenvalue weighted by atomic mass is 127. The zero-order valence-corrected chi connectivity index (χ0v) is 28.4. The quantitative estimate of drug-likeness (QED) is 0.248. The molecule has 44 heavy (non-hydrogen) atoms. The lowest BCUT2D eigenvalue weighted by Gasteiger charge is -2.48. The molecule has 1 aliphatic heterocycles. The van der Waals surface area contributed by atoms with E-state index in [-0.39, 0.29) is 54.0 Å². The first-order valence-electron chi connectivity index (χ1n) is 14.5. The largest absolute Gasteiger partial charge is 0.490 e. The summed E-state index contributed by atoms with van der Waals surface area (Å²) >= 11 is 1.98. The number of nitrogens with zero attached hydrogens (tertiary/aromatic N) is 1. The van der Waals surface area contributed by atoms with Crippen LogP contribution in [0.1, 0.15) is 71.8 Å². The molecular formula is C33H36INO8S. The molecule has 0 amide bonds. The number of allylic oxidation sites excluding steroid dienone is 4. The molecule has 2 aromatic rings. The summed E-state index contributed by atoms with van der Waals surface area (Å²) < 4.78 is 38.3. The molecule has 0 fully saturated rings. The highest BCUT2D eigenvalue weighted by molar-refractivity contribution is 14.1.